The summed E-state index contributed by atoms with van der Waals surface area (Å²) >= 11 is 0. The topological polar surface area (TPSA) is 20.3 Å². The van der Waals surface area contributed by atoms with Gasteiger partial charge in [0.1, 0.15) is 0 Å². The van der Waals surface area contributed by atoms with E-state index in [1.165, 1.54) is 0 Å². The molecule has 0 N–H and O–H groups in total. The summed E-state index contributed by atoms with van der Waals surface area (Å²) < 4.78 is 0. The van der Waals surface area contributed by atoms with E-state index in [9.17, 15) is 4.79 Å². The van der Waals surface area contributed by atoms with Gasteiger partial charge in [0.15, 0.2) is 5.78 Å². The van der Waals surface area contributed by atoms with Crippen LogP contribution in [0.5, 0.6) is 0 Å². The molecule has 0 saturated carbocycles. The van der Waals surface area contributed by atoms with Crippen LogP contribution in [0.3, 0.4) is 0 Å². The molecule has 0 fully saturated rings. The first-order valence-corrected chi connectivity index (χ1v) is 4.46. The molecule has 0 aliphatic heterocycles. The van der Waals surface area contributed by atoms with Crippen LogP contribution in [0.25, 0.3) is 0 Å². The molecule has 0 aliphatic carbocycles. The fourth-order valence-electron chi connectivity index (χ4n) is 0.670. The first-order chi connectivity index (χ1) is 5.57. The van der Waals surface area contributed by atoms with Crippen molar-refractivity contribution in [1.82, 2.24) is 4.90 Å². The fraction of sp³-hybridized carbons (Fsp3) is 0.700. The molecule has 0 saturated heterocycles. The Morgan fingerprint density at radius 1 is 1.50 bits per heavy atom. The molecule has 0 aromatic rings. The largest absolute Gasteiger partial charge is 0.303 e. The average Bonchev–Trinajstić information content (AvgIpc) is 2.03. The Hall–Kier alpha value is -0.630. The van der Waals surface area contributed by atoms with Gasteiger partial charge in [-0.15, -0.1) is 0 Å². The second-order valence-corrected chi connectivity index (χ2v) is 3.31. The van der Waals surface area contributed by atoms with Gasteiger partial charge in [-0.2, -0.15) is 0 Å². The zero-order valence-electron chi connectivity index (χ0n) is 8.50. The lowest BCUT2D eigenvalue weighted by molar-refractivity contribution is -0.117. The van der Waals surface area contributed by atoms with Crippen molar-refractivity contribution < 1.29 is 4.79 Å². The maximum atomic E-state index is 11.1. The van der Waals surface area contributed by atoms with Crippen LogP contribution in [0.4, 0.5) is 0 Å². The Morgan fingerprint density at radius 2 is 2.08 bits per heavy atom. The normalized spacial score (nSPS) is 11.8. The SMILES string of the molecule is CCN(C)C/C=C/C(=O)C(C)C. The van der Waals surface area contributed by atoms with Crippen LogP contribution in [0.2, 0.25) is 0 Å². The average molecular weight is 169 g/mol. The molecule has 0 radical (unpaired) electrons. The van der Waals surface area contributed by atoms with E-state index >= 15 is 0 Å². The molecule has 2 heteroatoms. The molecule has 70 valence electrons. The summed E-state index contributed by atoms with van der Waals surface area (Å²) in [5.74, 6) is 0.327. The Labute approximate surface area is 75.3 Å². The minimum Gasteiger partial charge on any atom is -0.303 e. The highest BCUT2D eigenvalue weighted by molar-refractivity contribution is 5.91. The van der Waals surface area contributed by atoms with Crippen molar-refractivity contribution in [2.24, 2.45) is 5.92 Å². The Balaban J connectivity index is 3.69. The fourth-order valence-corrected chi connectivity index (χ4v) is 0.670. The molecular formula is C10H19NO. The van der Waals surface area contributed by atoms with Crippen LogP contribution in [0.1, 0.15) is 20.8 Å². The van der Waals surface area contributed by atoms with Gasteiger partial charge in [-0.25, -0.2) is 0 Å². The molecule has 0 aliphatic rings. The van der Waals surface area contributed by atoms with Crippen LogP contribution < -0.4 is 0 Å². The molecular weight excluding hydrogens is 150 g/mol. The number of hydrogen-bond donors (Lipinski definition) is 0. The number of rotatable bonds is 5. The third kappa shape index (κ3) is 5.08. The zero-order valence-corrected chi connectivity index (χ0v) is 8.50. The van der Waals surface area contributed by atoms with Gasteiger partial charge in [-0.05, 0) is 19.7 Å². The number of hydrogen-bond acceptors (Lipinski definition) is 2. The summed E-state index contributed by atoms with van der Waals surface area (Å²) in [6.07, 6.45) is 3.60. The van der Waals surface area contributed by atoms with Gasteiger partial charge in [0.05, 0.1) is 0 Å². The highest BCUT2D eigenvalue weighted by Crippen LogP contribution is 1.95. The predicted molar refractivity (Wildman–Crippen MR) is 52.2 cm³/mol. The highest BCUT2D eigenvalue weighted by Gasteiger charge is 2.00. The van der Waals surface area contributed by atoms with Crippen molar-refractivity contribution in [1.29, 1.82) is 0 Å². The quantitative estimate of drug-likeness (QED) is 0.584. The second-order valence-electron chi connectivity index (χ2n) is 3.31. The van der Waals surface area contributed by atoms with Crippen molar-refractivity contribution in [3.63, 3.8) is 0 Å². The van der Waals surface area contributed by atoms with E-state index in [1.807, 2.05) is 27.0 Å². The van der Waals surface area contributed by atoms with E-state index in [0.717, 1.165) is 13.1 Å². The second kappa shape index (κ2) is 5.95. The molecule has 0 bridgehead atoms. The van der Waals surface area contributed by atoms with Crippen LogP contribution in [0, 0.1) is 5.92 Å². The zero-order chi connectivity index (χ0) is 9.56. The highest BCUT2D eigenvalue weighted by atomic mass is 16.1. The van der Waals surface area contributed by atoms with Gasteiger partial charge in [0, 0.05) is 12.5 Å². The molecule has 0 heterocycles. The predicted octanol–water partition coefficient (Wildman–Crippen LogP) is 1.72. The summed E-state index contributed by atoms with van der Waals surface area (Å²) in [6, 6.07) is 0. The molecule has 0 aromatic carbocycles. The lowest BCUT2D eigenvalue weighted by Crippen LogP contribution is -2.17. The standard InChI is InChI=1S/C10H19NO/c1-5-11(4)8-6-7-10(12)9(2)3/h6-7,9H,5,8H2,1-4H3/b7-6+. The van der Waals surface area contributed by atoms with Crippen molar-refractivity contribution in [2.75, 3.05) is 20.1 Å². The number of allylic oxidation sites excluding steroid dienone is 1. The van der Waals surface area contributed by atoms with Gasteiger partial charge >= 0.3 is 0 Å². The van der Waals surface area contributed by atoms with Gasteiger partial charge in [0.25, 0.3) is 0 Å². The van der Waals surface area contributed by atoms with Crippen molar-refractivity contribution >= 4 is 5.78 Å². The summed E-state index contributed by atoms with van der Waals surface area (Å²) in [7, 11) is 2.03. The van der Waals surface area contributed by atoms with Crippen molar-refractivity contribution in [2.45, 2.75) is 20.8 Å². The Morgan fingerprint density at radius 3 is 2.50 bits per heavy atom. The van der Waals surface area contributed by atoms with Gasteiger partial charge in [0.2, 0.25) is 0 Å². The number of nitrogens with zero attached hydrogens (tertiary/aromatic N) is 1. The molecule has 0 spiro atoms. The van der Waals surface area contributed by atoms with E-state index in [1.54, 1.807) is 6.08 Å². The number of likely N-dealkylation sites (N-methyl/N-ethyl adjacent to an activating group) is 1. The smallest absolute Gasteiger partial charge is 0.157 e. The molecule has 0 rings (SSSR count). The van der Waals surface area contributed by atoms with Crippen LogP contribution >= 0.6 is 0 Å². The number of ketones is 1. The van der Waals surface area contributed by atoms with E-state index < -0.39 is 0 Å². The summed E-state index contributed by atoms with van der Waals surface area (Å²) in [5.41, 5.74) is 0. The van der Waals surface area contributed by atoms with E-state index in [2.05, 4.69) is 11.8 Å². The Bertz CT molecular complexity index is 161. The molecule has 0 amide bonds. The van der Waals surface area contributed by atoms with Crippen LogP contribution in [-0.2, 0) is 4.79 Å². The first-order valence-electron chi connectivity index (χ1n) is 4.46. The van der Waals surface area contributed by atoms with Gasteiger partial charge < -0.3 is 4.90 Å². The monoisotopic (exact) mass is 169 g/mol. The number of carbonyl (C=O) groups is 1. The first kappa shape index (κ1) is 11.4. The van der Waals surface area contributed by atoms with Crippen molar-refractivity contribution in [3.8, 4) is 0 Å². The summed E-state index contributed by atoms with van der Waals surface area (Å²) in [5, 5.41) is 0. The van der Waals surface area contributed by atoms with Crippen LogP contribution in [0.15, 0.2) is 12.2 Å². The minimum absolute atomic E-state index is 0.119. The maximum absolute atomic E-state index is 11.1. The molecule has 0 unspecified atom stereocenters. The van der Waals surface area contributed by atoms with Gasteiger partial charge in [-0.3, -0.25) is 4.79 Å². The lowest BCUT2D eigenvalue weighted by Gasteiger charge is -2.09. The van der Waals surface area contributed by atoms with E-state index in [4.69, 9.17) is 0 Å². The third-order valence-electron chi connectivity index (χ3n) is 1.81. The molecule has 12 heavy (non-hydrogen) atoms. The maximum Gasteiger partial charge on any atom is 0.157 e. The molecule has 0 aromatic heterocycles. The minimum atomic E-state index is 0.119. The van der Waals surface area contributed by atoms with Gasteiger partial charge in [-0.1, -0.05) is 26.8 Å². The van der Waals surface area contributed by atoms with Crippen molar-refractivity contribution in [3.05, 3.63) is 12.2 Å². The van der Waals surface area contributed by atoms with E-state index in [0.29, 0.717) is 0 Å². The van der Waals surface area contributed by atoms with E-state index in [-0.39, 0.29) is 11.7 Å². The number of carbonyl (C=O) groups excluding carboxylic acids is 1. The third-order valence-corrected chi connectivity index (χ3v) is 1.81. The van der Waals surface area contributed by atoms with Crippen LogP contribution in [-0.4, -0.2) is 30.8 Å². The Kier molecular flexibility index (Phi) is 5.64. The molecule has 0 atom stereocenters. The molecule has 2 nitrogen and oxygen atoms in total. The summed E-state index contributed by atoms with van der Waals surface area (Å²) in [4.78, 5) is 13.3. The summed E-state index contributed by atoms with van der Waals surface area (Å²) in [6.45, 7) is 7.79. The lowest BCUT2D eigenvalue weighted by atomic mass is 10.1.